The Hall–Kier alpha value is -0.400. The summed E-state index contributed by atoms with van der Waals surface area (Å²) in [6.07, 6.45) is 1.87. The molecule has 0 aliphatic heterocycles. The Morgan fingerprint density at radius 1 is 1.33 bits per heavy atom. The molecule has 1 aromatic carbocycles. The van der Waals surface area contributed by atoms with Crippen LogP contribution < -0.4 is 5.73 Å². The van der Waals surface area contributed by atoms with Crippen molar-refractivity contribution in [2.24, 2.45) is 0 Å². The van der Waals surface area contributed by atoms with Crippen LogP contribution in [-0.4, -0.2) is 5.88 Å². The maximum absolute atomic E-state index is 5.74. The highest BCUT2D eigenvalue weighted by Gasteiger charge is 1.98. The van der Waals surface area contributed by atoms with Gasteiger partial charge in [0.1, 0.15) is 0 Å². The van der Waals surface area contributed by atoms with Crippen molar-refractivity contribution in [2.75, 3.05) is 11.6 Å². The van der Waals surface area contributed by atoms with Gasteiger partial charge in [0.05, 0.1) is 0 Å². The van der Waals surface area contributed by atoms with Crippen LogP contribution >= 0.6 is 23.2 Å². The average molecular weight is 204 g/mol. The van der Waals surface area contributed by atoms with Gasteiger partial charge in [0.25, 0.3) is 0 Å². The quantitative estimate of drug-likeness (QED) is 0.594. The lowest BCUT2D eigenvalue weighted by Crippen LogP contribution is -1.94. The van der Waals surface area contributed by atoms with Crippen LogP contribution in [0.5, 0.6) is 0 Å². The van der Waals surface area contributed by atoms with Crippen LogP contribution in [-0.2, 0) is 6.42 Å². The fourth-order valence-electron chi connectivity index (χ4n) is 1.05. The van der Waals surface area contributed by atoms with Gasteiger partial charge in [-0.25, -0.2) is 0 Å². The molecule has 0 unspecified atom stereocenters. The summed E-state index contributed by atoms with van der Waals surface area (Å²) in [5, 5.41) is 0.683. The molecule has 0 aliphatic rings. The Labute approximate surface area is 82.5 Å². The first-order valence-corrected chi connectivity index (χ1v) is 4.75. The summed E-state index contributed by atoms with van der Waals surface area (Å²) in [5.41, 5.74) is 7.62. The molecule has 0 saturated heterocycles. The van der Waals surface area contributed by atoms with Crippen molar-refractivity contribution >= 4 is 28.9 Å². The molecule has 2 N–H and O–H groups in total. The van der Waals surface area contributed by atoms with Crippen molar-refractivity contribution in [1.82, 2.24) is 0 Å². The van der Waals surface area contributed by atoms with Crippen LogP contribution in [0.25, 0.3) is 0 Å². The topological polar surface area (TPSA) is 26.0 Å². The van der Waals surface area contributed by atoms with E-state index in [1.807, 2.05) is 12.1 Å². The Bertz CT molecular complexity index is 261. The van der Waals surface area contributed by atoms with Gasteiger partial charge < -0.3 is 5.73 Å². The molecule has 12 heavy (non-hydrogen) atoms. The van der Waals surface area contributed by atoms with Gasteiger partial charge in [-0.1, -0.05) is 17.7 Å². The second kappa shape index (κ2) is 4.58. The van der Waals surface area contributed by atoms with E-state index in [1.165, 1.54) is 0 Å². The second-order valence-corrected chi connectivity index (χ2v) is 3.45. The summed E-state index contributed by atoms with van der Waals surface area (Å²) in [6.45, 7) is 0. The smallest absolute Gasteiger partial charge is 0.0426 e. The van der Waals surface area contributed by atoms with E-state index in [4.69, 9.17) is 28.9 Å². The zero-order valence-corrected chi connectivity index (χ0v) is 8.20. The number of alkyl halides is 1. The van der Waals surface area contributed by atoms with Gasteiger partial charge in [0, 0.05) is 16.6 Å². The van der Waals surface area contributed by atoms with Gasteiger partial charge in [-0.05, 0) is 30.5 Å². The highest BCUT2D eigenvalue weighted by molar-refractivity contribution is 6.30. The van der Waals surface area contributed by atoms with E-state index in [0.717, 1.165) is 24.1 Å². The first kappa shape index (κ1) is 9.69. The molecule has 1 rings (SSSR count). The molecule has 0 spiro atoms. The van der Waals surface area contributed by atoms with E-state index in [-0.39, 0.29) is 0 Å². The molecule has 0 radical (unpaired) electrons. The molecule has 0 aliphatic carbocycles. The maximum Gasteiger partial charge on any atom is 0.0426 e. The Kier molecular flexibility index (Phi) is 3.70. The lowest BCUT2D eigenvalue weighted by Gasteiger charge is -2.03. The number of nitrogens with two attached hydrogens (primary N) is 1. The van der Waals surface area contributed by atoms with Crippen molar-refractivity contribution in [1.29, 1.82) is 0 Å². The summed E-state index contributed by atoms with van der Waals surface area (Å²) in [5.74, 6) is 0.669. The van der Waals surface area contributed by atoms with Crippen LogP contribution in [0.4, 0.5) is 5.69 Å². The third kappa shape index (κ3) is 2.58. The summed E-state index contributed by atoms with van der Waals surface area (Å²) in [4.78, 5) is 0. The lowest BCUT2D eigenvalue weighted by molar-refractivity contribution is 0.931. The number of anilines is 1. The molecular weight excluding hydrogens is 193 g/mol. The molecule has 0 fully saturated rings. The molecule has 0 amide bonds. The van der Waals surface area contributed by atoms with Crippen LogP contribution in [0.1, 0.15) is 12.0 Å². The number of nitrogen functional groups attached to an aromatic ring is 1. The number of hydrogen-bond acceptors (Lipinski definition) is 1. The van der Waals surface area contributed by atoms with Crippen molar-refractivity contribution in [3.63, 3.8) is 0 Å². The highest BCUT2D eigenvalue weighted by Crippen LogP contribution is 2.19. The molecule has 0 atom stereocenters. The lowest BCUT2D eigenvalue weighted by atomic mass is 10.1. The number of hydrogen-bond donors (Lipinski definition) is 1. The monoisotopic (exact) mass is 203 g/mol. The Morgan fingerprint density at radius 3 is 2.67 bits per heavy atom. The van der Waals surface area contributed by atoms with Gasteiger partial charge in [-0.15, -0.1) is 11.6 Å². The second-order valence-electron chi connectivity index (χ2n) is 2.64. The molecule has 0 heterocycles. The van der Waals surface area contributed by atoms with Crippen molar-refractivity contribution in [2.45, 2.75) is 12.8 Å². The fourth-order valence-corrected chi connectivity index (χ4v) is 1.36. The third-order valence-electron chi connectivity index (χ3n) is 1.69. The number of halogens is 2. The Balaban J connectivity index is 2.72. The van der Waals surface area contributed by atoms with E-state index in [9.17, 15) is 0 Å². The van der Waals surface area contributed by atoms with Gasteiger partial charge in [0.2, 0.25) is 0 Å². The van der Waals surface area contributed by atoms with E-state index < -0.39 is 0 Å². The maximum atomic E-state index is 5.74. The SMILES string of the molecule is Nc1cc(Cl)ccc1CCCCl. The van der Waals surface area contributed by atoms with Gasteiger partial charge in [-0.3, -0.25) is 0 Å². The molecule has 1 aromatic rings. The van der Waals surface area contributed by atoms with Crippen LogP contribution in [0.2, 0.25) is 5.02 Å². The summed E-state index contributed by atoms with van der Waals surface area (Å²) in [7, 11) is 0. The highest BCUT2D eigenvalue weighted by atomic mass is 35.5. The largest absolute Gasteiger partial charge is 0.398 e. The minimum atomic E-state index is 0.669. The molecule has 0 saturated carbocycles. The van der Waals surface area contributed by atoms with E-state index >= 15 is 0 Å². The molecule has 0 bridgehead atoms. The number of rotatable bonds is 3. The fraction of sp³-hybridized carbons (Fsp3) is 0.333. The molecule has 3 heteroatoms. The van der Waals surface area contributed by atoms with Crippen LogP contribution in [0.15, 0.2) is 18.2 Å². The van der Waals surface area contributed by atoms with Gasteiger partial charge in [0.15, 0.2) is 0 Å². The van der Waals surface area contributed by atoms with Gasteiger partial charge in [-0.2, -0.15) is 0 Å². The average Bonchev–Trinajstić information content (AvgIpc) is 2.03. The number of benzene rings is 1. The van der Waals surface area contributed by atoms with Crippen LogP contribution in [0.3, 0.4) is 0 Å². The molecule has 1 nitrogen and oxygen atoms in total. The van der Waals surface area contributed by atoms with E-state index in [2.05, 4.69) is 0 Å². The predicted molar refractivity (Wildman–Crippen MR) is 54.9 cm³/mol. The molecule has 66 valence electrons. The summed E-state index contributed by atoms with van der Waals surface area (Å²) < 4.78 is 0. The molecular formula is C9H11Cl2N. The minimum absolute atomic E-state index is 0.669. The van der Waals surface area contributed by atoms with E-state index in [1.54, 1.807) is 6.07 Å². The summed E-state index contributed by atoms with van der Waals surface area (Å²) >= 11 is 11.3. The van der Waals surface area contributed by atoms with E-state index in [0.29, 0.717) is 10.9 Å². The van der Waals surface area contributed by atoms with Crippen molar-refractivity contribution < 1.29 is 0 Å². The Morgan fingerprint density at radius 2 is 2.08 bits per heavy atom. The normalized spacial score (nSPS) is 10.2. The molecule has 0 aromatic heterocycles. The first-order valence-electron chi connectivity index (χ1n) is 3.84. The third-order valence-corrected chi connectivity index (χ3v) is 2.19. The predicted octanol–water partition coefficient (Wildman–Crippen LogP) is 3.09. The first-order chi connectivity index (χ1) is 5.74. The standard InChI is InChI=1S/C9H11Cl2N/c10-5-1-2-7-3-4-8(11)6-9(7)12/h3-4,6H,1-2,5,12H2. The number of aryl methyl sites for hydroxylation is 1. The van der Waals surface area contributed by atoms with Gasteiger partial charge >= 0.3 is 0 Å². The van der Waals surface area contributed by atoms with Crippen LogP contribution in [0, 0.1) is 0 Å². The summed E-state index contributed by atoms with van der Waals surface area (Å²) in [6, 6.07) is 5.57. The zero-order chi connectivity index (χ0) is 8.97. The minimum Gasteiger partial charge on any atom is -0.398 e. The zero-order valence-electron chi connectivity index (χ0n) is 6.69. The van der Waals surface area contributed by atoms with Crippen molar-refractivity contribution in [3.05, 3.63) is 28.8 Å². The van der Waals surface area contributed by atoms with Crippen molar-refractivity contribution in [3.8, 4) is 0 Å².